The lowest BCUT2D eigenvalue weighted by molar-refractivity contribution is 0.0712. The highest BCUT2D eigenvalue weighted by Gasteiger charge is 2.20. The van der Waals surface area contributed by atoms with Crippen LogP contribution in [0.25, 0.3) is 0 Å². The lowest BCUT2D eigenvalue weighted by atomic mass is 10.2. The number of thiazole rings is 1. The minimum absolute atomic E-state index is 0.0775. The number of hydrogen-bond acceptors (Lipinski definition) is 5. The second kappa shape index (κ2) is 6.49. The minimum atomic E-state index is -0.144. The van der Waals surface area contributed by atoms with Gasteiger partial charge in [0, 0.05) is 13.1 Å². The Hall–Kier alpha value is -1.92. The van der Waals surface area contributed by atoms with Crippen molar-refractivity contribution in [2.24, 2.45) is 0 Å². The third-order valence-electron chi connectivity index (χ3n) is 2.88. The van der Waals surface area contributed by atoms with Gasteiger partial charge in [0.25, 0.3) is 5.91 Å². The van der Waals surface area contributed by atoms with E-state index in [-0.39, 0.29) is 19.1 Å². The highest BCUT2D eigenvalue weighted by atomic mass is 32.1. The summed E-state index contributed by atoms with van der Waals surface area (Å²) in [5, 5.41) is 9.54. The van der Waals surface area contributed by atoms with Gasteiger partial charge in [0.05, 0.1) is 12.3 Å². The Kier molecular flexibility index (Phi) is 4.70. The van der Waals surface area contributed by atoms with Gasteiger partial charge in [-0.25, -0.2) is 4.98 Å². The third kappa shape index (κ3) is 3.34. The molecule has 2 rings (SSSR count). The number of nitrogens with zero attached hydrogens (tertiary/aromatic N) is 2. The number of aliphatic hydroxyl groups excluding tert-OH is 1. The number of rotatable bonds is 5. The van der Waals surface area contributed by atoms with Gasteiger partial charge in [-0.05, 0) is 12.5 Å². The number of aliphatic hydroxyl groups is 1. The number of amides is 1. The number of aryl methyl sites for hydroxylation is 1. The van der Waals surface area contributed by atoms with Crippen molar-refractivity contribution in [2.45, 2.75) is 13.5 Å². The molecule has 106 valence electrons. The van der Waals surface area contributed by atoms with Crippen molar-refractivity contribution >= 4 is 22.4 Å². The maximum Gasteiger partial charge on any atom is 0.266 e. The fourth-order valence-electron chi connectivity index (χ4n) is 1.94. The van der Waals surface area contributed by atoms with E-state index in [2.05, 4.69) is 4.98 Å². The van der Waals surface area contributed by atoms with Crippen LogP contribution >= 0.6 is 11.3 Å². The number of benzene rings is 1. The second-order valence-corrected chi connectivity index (χ2v) is 5.43. The molecule has 2 aromatic rings. The van der Waals surface area contributed by atoms with Crippen LogP contribution in [0.2, 0.25) is 0 Å². The summed E-state index contributed by atoms with van der Waals surface area (Å²) in [5.41, 5.74) is 7.28. The Balaban J connectivity index is 2.20. The van der Waals surface area contributed by atoms with Gasteiger partial charge in [0.15, 0.2) is 5.13 Å². The summed E-state index contributed by atoms with van der Waals surface area (Å²) in [6, 6.07) is 9.67. The number of anilines is 1. The van der Waals surface area contributed by atoms with E-state index in [1.807, 2.05) is 30.3 Å². The molecular weight excluding hydrogens is 274 g/mol. The average Bonchev–Trinajstić information content (AvgIpc) is 2.77. The number of carbonyl (C=O) groups excluding carboxylic acids is 1. The van der Waals surface area contributed by atoms with Gasteiger partial charge in [-0.15, -0.1) is 0 Å². The Morgan fingerprint density at radius 1 is 1.40 bits per heavy atom. The van der Waals surface area contributed by atoms with Crippen LogP contribution in [-0.4, -0.2) is 34.0 Å². The molecule has 20 heavy (non-hydrogen) atoms. The minimum Gasteiger partial charge on any atom is -0.395 e. The predicted octanol–water partition coefficient (Wildman–Crippen LogP) is 1.67. The number of nitrogens with two attached hydrogens (primary N) is 1. The molecule has 5 nitrogen and oxygen atoms in total. The normalized spacial score (nSPS) is 10.5. The zero-order valence-corrected chi connectivity index (χ0v) is 12.1. The maximum absolute atomic E-state index is 12.5. The molecule has 1 amide bonds. The summed E-state index contributed by atoms with van der Waals surface area (Å²) < 4.78 is 0. The van der Waals surface area contributed by atoms with Crippen molar-refractivity contribution in [2.75, 3.05) is 18.9 Å². The van der Waals surface area contributed by atoms with Crippen molar-refractivity contribution < 1.29 is 9.90 Å². The Labute approximate surface area is 121 Å². The zero-order valence-electron chi connectivity index (χ0n) is 11.2. The molecule has 0 radical (unpaired) electrons. The molecule has 1 aromatic carbocycles. The third-order valence-corrected chi connectivity index (χ3v) is 3.86. The van der Waals surface area contributed by atoms with E-state index < -0.39 is 0 Å². The molecule has 0 aliphatic rings. The molecule has 0 fully saturated rings. The van der Waals surface area contributed by atoms with Gasteiger partial charge in [0.2, 0.25) is 0 Å². The SMILES string of the molecule is Cc1nc(N)sc1C(=O)N(CCO)Cc1ccccc1. The van der Waals surface area contributed by atoms with E-state index in [0.29, 0.717) is 22.2 Å². The first-order valence-corrected chi connectivity index (χ1v) is 7.10. The average molecular weight is 291 g/mol. The number of carbonyl (C=O) groups is 1. The molecule has 0 saturated carbocycles. The van der Waals surface area contributed by atoms with Gasteiger partial charge >= 0.3 is 0 Å². The summed E-state index contributed by atoms with van der Waals surface area (Å²) in [4.78, 5) is 18.7. The van der Waals surface area contributed by atoms with Crippen LogP contribution in [0.3, 0.4) is 0 Å². The van der Waals surface area contributed by atoms with Crippen LogP contribution in [0.15, 0.2) is 30.3 Å². The quantitative estimate of drug-likeness (QED) is 0.878. The van der Waals surface area contributed by atoms with Crippen LogP contribution in [0.5, 0.6) is 0 Å². The van der Waals surface area contributed by atoms with Crippen LogP contribution in [0.4, 0.5) is 5.13 Å². The molecule has 0 unspecified atom stereocenters. The number of aromatic nitrogens is 1. The van der Waals surface area contributed by atoms with E-state index in [1.165, 1.54) is 11.3 Å². The maximum atomic E-state index is 12.5. The molecular formula is C14H17N3O2S. The van der Waals surface area contributed by atoms with Gasteiger partial charge in [-0.3, -0.25) is 4.79 Å². The smallest absolute Gasteiger partial charge is 0.266 e. The fourth-order valence-corrected chi connectivity index (χ4v) is 2.74. The molecule has 0 atom stereocenters. The number of hydrogen-bond donors (Lipinski definition) is 2. The van der Waals surface area contributed by atoms with E-state index in [1.54, 1.807) is 11.8 Å². The molecule has 1 heterocycles. The van der Waals surface area contributed by atoms with Crippen molar-refractivity contribution in [3.8, 4) is 0 Å². The van der Waals surface area contributed by atoms with Gasteiger partial charge in [0.1, 0.15) is 4.88 Å². The lowest BCUT2D eigenvalue weighted by Gasteiger charge is -2.21. The van der Waals surface area contributed by atoms with Crippen LogP contribution in [0.1, 0.15) is 20.9 Å². The van der Waals surface area contributed by atoms with E-state index in [0.717, 1.165) is 5.56 Å². The lowest BCUT2D eigenvalue weighted by Crippen LogP contribution is -2.33. The molecule has 6 heteroatoms. The summed E-state index contributed by atoms with van der Waals surface area (Å²) in [7, 11) is 0. The summed E-state index contributed by atoms with van der Waals surface area (Å²) in [6.07, 6.45) is 0. The Morgan fingerprint density at radius 2 is 2.10 bits per heavy atom. The van der Waals surface area contributed by atoms with Crippen LogP contribution < -0.4 is 5.73 Å². The highest BCUT2D eigenvalue weighted by Crippen LogP contribution is 2.22. The summed E-state index contributed by atoms with van der Waals surface area (Å²) in [5.74, 6) is -0.144. The zero-order chi connectivity index (χ0) is 14.5. The van der Waals surface area contributed by atoms with E-state index in [4.69, 9.17) is 10.8 Å². The van der Waals surface area contributed by atoms with Gasteiger partial charge in [-0.1, -0.05) is 41.7 Å². The van der Waals surface area contributed by atoms with Crippen molar-refractivity contribution in [1.82, 2.24) is 9.88 Å². The summed E-state index contributed by atoms with van der Waals surface area (Å²) in [6.45, 7) is 2.42. The Bertz CT molecular complexity index is 583. The van der Waals surface area contributed by atoms with E-state index in [9.17, 15) is 4.79 Å². The summed E-state index contributed by atoms with van der Waals surface area (Å²) >= 11 is 1.18. The standard InChI is InChI=1S/C14H17N3O2S/c1-10-12(20-14(15)16-10)13(19)17(7-8-18)9-11-5-3-2-4-6-11/h2-6,18H,7-9H2,1H3,(H2,15,16). The Morgan fingerprint density at radius 3 is 2.65 bits per heavy atom. The van der Waals surface area contributed by atoms with Gasteiger partial charge in [-0.2, -0.15) is 0 Å². The van der Waals surface area contributed by atoms with Crippen molar-refractivity contribution in [3.05, 3.63) is 46.5 Å². The monoisotopic (exact) mass is 291 g/mol. The largest absolute Gasteiger partial charge is 0.395 e. The van der Waals surface area contributed by atoms with E-state index >= 15 is 0 Å². The van der Waals surface area contributed by atoms with Crippen molar-refractivity contribution in [3.63, 3.8) is 0 Å². The van der Waals surface area contributed by atoms with Crippen LogP contribution in [-0.2, 0) is 6.54 Å². The molecule has 3 N–H and O–H groups in total. The van der Waals surface area contributed by atoms with Gasteiger partial charge < -0.3 is 15.7 Å². The van der Waals surface area contributed by atoms with Crippen molar-refractivity contribution in [1.29, 1.82) is 0 Å². The first-order chi connectivity index (χ1) is 9.61. The first kappa shape index (κ1) is 14.5. The fraction of sp³-hybridized carbons (Fsp3) is 0.286. The molecule has 0 spiro atoms. The molecule has 0 saturated heterocycles. The highest BCUT2D eigenvalue weighted by molar-refractivity contribution is 7.17. The van der Waals surface area contributed by atoms with Crippen LogP contribution in [0, 0.1) is 6.92 Å². The molecule has 1 aromatic heterocycles. The first-order valence-electron chi connectivity index (χ1n) is 6.28. The second-order valence-electron chi connectivity index (χ2n) is 4.40. The topological polar surface area (TPSA) is 79.5 Å². The molecule has 0 aliphatic heterocycles. The molecule has 0 bridgehead atoms. The number of nitrogen functional groups attached to an aromatic ring is 1. The predicted molar refractivity (Wildman–Crippen MR) is 79.5 cm³/mol. The molecule has 0 aliphatic carbocycles.